The lowest BCUT2D eigenvalue weighted by Gasteiger charge is -2.14. The predicted octanol–water partition coefficient (Wildman–Crippen LogP) is 2.59. The second-order valence-electron chi connectivity index (χ2n) is 3.99. The number of aromatic nitrogens is 2. The average Bonchev–Trinajstić information content (AvgIpc) is 2.29. The standard InChI is InChI=1S/C12H16ClN3O/c1-9-15-11(13)8-12(16-9)14-5-2-10-3-6-17-7-4-10/h3,8H,2,4-7H2,1H3,(H,14,15,16). The Bertz CT molecular complexity index is 400. The van der Waals surface area contributed by atoms with Gasteiger partial charge in [-0.1, -0.05) is 23.3 Å². The number of anilines is 1. The van der Waals surface area contributed by atoms with Crippen LogP contribution < -0.4 is 5.32 Å². The van der Waals surface area contributed by atoms with E-state index < -0.39 is 0 Å². The van der Waals surface area contributed by atoms with Crippen molar-refractivity contribution in [2.24, 2.45) is 0 Å². The number of nitrogens with one attached hydrogen (secondary N) is 1. The Hall–Kier alpha value is -1.13. The van der Waals surface area contributed by atoms with Crippen LogP contribution in [0.5, 0.6) is 0 Å². The highest BCUT2D eigenvalue weighted by molar-refractivity contribution is 6.29. The predicted molar refractivity (Wildman–Crippen MR) is 68.4 cm³/mol. The lowest BCUT2D eigenvalue weighted by molar-refractivity contribution is 0.153. The maximum atomic E-state index is 5.86. The van der Waals surface area contributed by atoms with Crippen LogP contribution in [0.3, 0.4) is 0 Å². The van der Waals surface area contributed by atoms with Crippen molar-refractivity contribution in [2.45, 2.75) is 19.8 Å². The molecule has 5 heteroatoms. The Labute approximate surface area is 106 Å². The molecule has 0 unspecified atom stereocenters. The van der Waals surface area contributed by atoms with Crippen molar-refractivity contribution in [3.63, 3.8) is 0 Å². The monoisotopic (exact) mass is 253 g/mol. The molecule has 0 amide bonds. The van der Waals surface area contributed by atoms with E-state index >= 15 is 0 Å². The highest BCUT2D eigenvalue weighted by Gasteiger charge is 2.04. The summed E-state index contributed by atoms with van der Waals surface area (Å²) in [6.45, 7) is 4.27. The lowest BCUT2D eigenvalue weighted by Crippen LogP contribution is -2.10. The van der Waals surface area contributed by atoms with Crippen LogP contribution in [0.25, 0.3) is 0 Å². The van der Waals surface area contributed by atoms with Crippen LogP contribution in [0.4, 0.5) is 5.82 Å². The molecule has 92 valence electrons. The molecule has 2 heterocycles. The molecule has 0 atom stereocenters. The number of hydrogen-bond acceptors (Lipinski definition) is 4. The first-order valence-electron chi connectivity index (χ1n) is 5.75. The van der Waals surface area contributed by atoms with Crippen LogP contribution in [0.1, 0.15) is 18.7 Å². The third-order valence-corrected chi connectivity index (χ3v) is 2.81. The van der Waals surface area contributed by atoms with E-state index in [2.05, 4.69) is 21.4 Å². The number of rotatable bonds is 4. The van der Waals surface area contributed by atoms with Gasteiger partial charge in [-0.05, 0) is 19.8 Å². The summed E-state index contributed by atoms with van der Waals surface area (Å²) in [6.07, 6.45) is 4.21. The highest BCUT2D eigenvalue weighted by atomic mass is 35.5. The maximum absolute atomic E-state index is 5.86. The minimum Gasteiger partial charge on any atom is -0.377 e. The summed E-state index contributed by atoms with van der Waals surface area (Å²) in [6, 6.07) is 1.74. The Morgan fingerprint density at radius 1 is 1.47 bits per heavy atom. The molecule has 0 bridgehead atoms. The molecule has 17 heavy (non-hydrogen) atoms. The summed E-state index contributed by atoms with van der Waals surface area (Å²) in [7, 11) is 0. The molecule has 1 aromatic heterocycles. The van der Waals surface area contributed by atoms with E-state index in [1.54, 1.807) is 6.07 Å². The van der Waals surface area contributed by atoms with Crippen molar-refractivity contribution >= 4 is 17.4 Å². The summed E-state index contributed by atoms with van der Waals surface area (Å²) in [5.74, 6) is 1.47. The summed E-state index contributed by atoms with van der Waals surface area (Å²) in [4.78, 5) is 8.28. The van der Waals surface area contributed by atoms with Crippen LogP contribution in [0, 0.1) is 6.92 Å². The first kappa shape index (κ1) is 12.3. The zero-order chi connectivity index (χ0) is 12.1. The number of hydrogen-bond donors (Lipinski definition) is 1. The Morgan fingerprint density at radius 3 is 3.06 bits per heavy atom. The molecule has 0 aromatic carbocycles. The maximum Gasteiger partial charge on any atom is 0.134 e. The average molecular weight is 254 g/mol. The Morgan fingerprint density at radius 2 is 2.35 bits per heavy atom. The molecule has 0 saturated carbocycles. The summed E-state index contributed by atoms with van der Waals surface area (Å²) < 4.78 is 5.26. The topological polar surface area (TPSA) is 47.0 Å². The Kier molecular flexibility index (Phi) is 4.34. The van der Waals surface area contributed by atoms with E-state index in [9.17, 15) is 0 Å². The smallest absolute Gasteiger partial charge is 0.134 e. The van der Waals surface area contributed by atoms with Crippen molar-refractivity contribution < 1.29 is 4.74 Å². The van der Waals surface area contributed by atoms with Crippen molar-refractivity contribution in [1.82, 2.24) is 9.97 Å². The van der Waals surface area contributed by atoms with E-state index in [1.165, 1.54) is 5.57 Å². The zero-order valence-corrected chi connectivity index (χ0v) is 10.6. The summed E-state index contributed by atoms with van der Waals surface area (Å²) in [5.41, 5.74) is 1.45. The van der Waals surface area contributed by atoms with Crippen molar-refractivity contribution in [1.29, 1.82) is 0 Å². The van der Waals surface area contributed by atoms with Crippen LogP contribution in [0.2, 0.25) is 5.15 Å². The molecule has 0 aliphatic carbocycles. The molecule has 1 aliphatic rings. The molecule has 1 aromatic rings. The second kappa shape index (κ2) is 5.98. The first-order chi connectivity index (χ1) is 8.24. The molecule has 0 saturated heterocycles. The minimum atomic E-state index is 0.477. The van der Waals surface area contributed by atoms with Gasteiger partial charge in [-0.3, -0.25) is 0 Å². The number of aryl methyl sites for hydroxylation is 1. The first-order valence-corrected chi connectivity index (χ1v) is 6.12. The SMILES string of the molecule is Cc1nc(Cl)cc(NCCC2=CCOCC2)n1. The second-order valence-corrected chi connectivity index (χ2v) is 4.37. The van der Waals surface area contributed by atoms with Crippen LogP contribution in [-0.2, 0) is 4.74 Å². The number of nitrogens with zero attached hydrogens (tertiary/aromatic N) is 2. The van der Waals surface area contributed by atoms with Gasteiger partial charge in [0.25, 0.3) is 0 Å². The van der Waals surface area contributed by atoms with Crippen LogP contribution in [0.15, 0.2) is 17.7 Å². The van der Waals surface area contributed by atoms with Crippen LogP contribution in [-0.4, -0.2) is 29.7 Å². The number of halogens is 1. The van der Waals surface area contributed by atoms with Crippen molar-refractivity contribution in [3.05, 3.63) is 28.7 Å². The van der Waals surface area contributed by atoms with Gasteiger partial charge in [0, 0.05) is 12.6 Å². The lowest BCUT2D eigenvalue weighted by atomic mass is 10.1. The van der Waals surface area contributed by atoms with Gasteiger partial charge in [-0.15, -0.1) is 0 Å². The Balaban J connectivity index is 1.83. The van der Waals surface area contributed by atoms with Gasteiger partial charge in [-0.2, -0.15) is 0 Å². The van der Waals surface area contributed by atoms with Gasteiger partial charge in [0.1, 0.15) is 16.8 Å². The fourth-order valence-corrected chi connectivity index (χ4v) is 1.99. The third kappa shape index (κ3) is 3.98. The fraction of sp³-hybridized carbons (Fsp3) is 0.500. The normalized spacial score (nSPS) is 15.5. The van der Waals surface area contributed by atoms with Gasteiger partial charge >= 0.3 is 0 Å². The molecule has 0 radical (unpaired) electrons. The summed E-state index contributed by atoms with van der Waals surface area (Å²) in [5, 5.41) is 3.73. The molecule has 0 spiro atoms. The van der Waals surface area contributed by atoms with Gasteiger partial charge in [0.15, 0.2) is 0 Å². The van der Waals surface area contributed by atoms with E-state index in [4.69, 9.17) is 16.3 Å². The van der Waals surface area contributed by atoms with E-state index in [0.717, 1.165) is 38.4 Å². The van der Waals surface area contributed by atoms with Crippen molar-refractivity contribution in [2.75, 3.05) is 25.1 Å². The number of ether oxygens (including phenoxy) is 1. The molecule has 0 fully saturated rings. The van der Waals surface area contributed by atoms with Gasteiger partial charge < -0.3 is 10.1 Å². The summed E-state index contributed by atoms with van der Waals surface area (Å²) >= 11 is 5.86. The molecular formula is C12H16ClN3O. The van der Waals surface area contributed by atoms with Gasteiger partial charge in [0.05, 0.1) is 13.2 Å². The molecule has 2 rings (SSSR count). The van der Waals surface area contributed by atoms with E-state index in [0.29, 0.717) is 11.0 Å². The molecule has 1 N–H and O–H groups in total. The third-order valence-electron chi connectivity index (χ3n) is 2.62. The van der Waals surface area contributed by atoms with Crippen LogP contribution >= 0.6 is 11.6 Å². The zero-order valence-electron chi connectivity index (χ0n) is 9.87. The quantitative estimate of drug-likeness (QED) is 0.662. The highest BCUT2D eigenvalue weighted by Crippen LogP contribution is 2.14. The van der Waals surface area contributed by atoms with Gasteiger partial charge in [-0.25, -0.2) is 9.97 Å². The van der Waals surface area contributed by atoms with Crippen molar-refractivity contribution in [3.8, 4) is 0 Å². The van der Waals surface area contributed by atoms with E-state index in [-0.39, 0.29) is 0 Å². The minimum absolute atomic E-state index is 0.477. The van der Waals surface area contributed by atoms with Gasteiger partial charge in [0.2, 0.25) is 0 Å². The largest absolute Gasteiger partial charge is 0.377 e. The van der Waals surface area contributed by atoms with E-state index in [1.807, 2.05) is 6.92 Å². The molecule has 4 nitrogen and oxygen atoms in total. The molecular weight excluding hydrogens is 238 g/mol. The molecule has 1 aliphatic heterocycles. The fourth-order valence-electron chi connectivity index (χ4n) is 1.77.